The van der Waals surface area contributed by atoms with Crippen molar-refractivity contribution >= 4 is 11.8 Å². The smallest absolute Gasteiger partial charge is 0.261 e. The number of benzene rings is 2. The maximum atomic E-state index is 12.6. The molecule has 0 bridgehead atoms. The summed E-state index contributed by atoms with van der Waals surface area (Å²) < 4.78 is 0. The number of hydrogen-bond acceptors (Lipinski definition) is 4. The zero-order chi connectivity index (χ0) is 19.0. The number of likely N-dealkylation sites (N-methyl/N-ethyl adjacent to an activating group) is 1. The highest BCUT2D eigenvalue weighted by Gasteiger charge is 2.36. The Balaban J connectivity index is 1.85. The highest BCUT2D eigenvalue weighted by molar-refractivity contribution is 6.21. The van der Waals surface area contributed by atoms with Gasteiger partial charge in [-0.15, -0.1) is 0 Å². The van der Waals surface area contributed by atoms with Crippen molar-refractivity contribution in [1.82, 2.24) is 9.80 Å². The molecule has 1 N–H and O–H groups in total. The Morgan fingerprint density at radius 3 is 1.96 bits per heavy atom. The molecular weight excluding hydrogens is 328 g/mol. The van der Waals surface area contributed by atoms with Gasteiger partial charge in [-0.1, -0.05) is 12.1 Å². The van der Waals surface area contributed by atoms with Gasteiger partial charge in [0.15, 0.2) is 0 Å². The van der Waals surface area contributed by atoms with E-state index in [1.165, 1.54) is 4.90 Å². The summed E-state index contributed by atoms with van der Waals surface area (Å²) in [5.41, 5.74) is 4.12. The first kappa shape index (κ1) is 18.1. The van der Waals surface area contributed by atoms with E-state index in [1.54, 1.807) is 36.4 Å². The van der Waals surface area contributed by atoms with Gasteiger partial charge in [-0.2, -0.15) is 0 Å². The first-order valence-corrected chi connectivity index (χ1v) is 8.70. The fourth-order valence-electron chi connectivity index (χ4n) is 3.55. The van der Waals surface area contributed by atoms with Gasteiger partial charge in [0.2, 0.25) is 0 Å². The SMILES string of the molecule is Cc1cc(O)cc(C)c1CC(CN1C(=O)c2ccccc2C1=O)N(C)C. The minimum Gasteiger partial charge on any atom is -0.508 e. The lowest BCUT2D eigenvalue weighted by Crippen LogP contribution is -2.44. The van der Waals surface area contributed by atoms with Crippen LogP contribution in [0.2, 0.25) is 0 Å². The van der Waals surface area contributed by atoms with Crippen LogP contribution in [0.4, 0.5) is 0 Å². The second-order valence-corrected chi connectivity index (χ2v) is 7.15. The van der Waals surface area contributed by atoms with Crippen molar-refractivity contribution in [2.75, 3.05) is 20.6 Å². The van der Waals surface area contributed by atoms with Crippen LogP contribution in [0.1, 0.15) is 37.4 Å². The van der Waals surface area contributed by atoms with Crippen LogP contribution in [0.3, 0.4) is 0 Å². The van der Waals surface area contributed by atoms with E-state index in [-0.39, 0.29) is 23.6 Å². The number of fused-ring (bicyclic) bond motifs is 1. The van der Waals surface area contributed by atoms with E-state index in [2.05, 4.69) is 0 Å². The first-order chi connectivity index (χ1) is 12.3. The summed E-state index contributed by atoms with van der Waals surface area (Å²) in [6.45, 7) is 4.27. The molecule has 2 aromatic carbocycles. The predicted molar refractivity (Wildman–Crippen MR) is 101 cm³/mol. The van der Waals surface area contributed by atoms with E-state index in [0.717, 1.165) is 16.7 Å². The summed E-state index contributed by atoms with van der Waals surface area (Å²) in [6.07, 6.45) is 0.693. The van der Waals surface area contributed by atoms with Gasteiger partial charge in [0.1, 0.15) is 5.75 Å². The minimum absolute atomic E-state index is 0.0147. The molecule has 2 amide bonds. The maximum Gasteiger partial charge on any atom is 0.261 e. The third-order valence-corrected chi connectivity index (χ3v) is 5.12. The highest BCUT2D eigenvalue weighted by Crippen LogP contribution is 2.26. The lowest BCUT2D eigenvalue weighted by atomic mass is 9.95. The molecular formula is C21H24N2O3. The number of phenols is 1. The summed E-state index contributed by atoms with van der Waals surface area (Å²) in [5.74, 6) is -0.196. The van der Waals surface area contributed by atoms with Crippen LogP contribution >= 0.6 is 0 Å². The quantitative estimate of drug-likeness (QED) is 0.841. The molecule has 3 rings (SSSR count). The zero-order valence-electron chi connectivity index (χ0n) is 15.6. The molecule has 5 heteroatoms. The molecule has 0 aromatic heterocycles. The first-order valence-electron chi connectivity index (χ1n) is 8.70. The Bertz CT molecular complexity index is 815. The summed E-state index contributed by atoms with van der Waals surface area (Å²) in [5, 5.41) is 9.75. The second-order valence-electron chi connectivity index (χ2n) is 7.15. The van der Waals surface area contributed by atoms with Crippen molar-refractivity contribution in [3.63, 3.8) is 0 Å². The van der Waals surface area contributed by atoms with Crippen LogP contribution in [0, 0.1) is 13.8 Å². The molecule has 26 heavy (non-hydrogen) atoms. The standard InChI is InChI=1S/C21H24N2O3/c1-13-9-16(24)10-14(2)19(13)11-15(22(3)4)12-23-20(25)17-7-5-6-8-18(17)21(23)26/h5-10,15,24H,11-12H2,1-4H3. The van der Waals surface area contributed by atoms with Crippen molar-refractivity contribution in [2.24, 2.45) is 0 Å². The molecule has 0 saturated heterocycles. The average Bonchev–Trinajstić information content (AvgIpc) is 2.81. The average molecular weight is 352 g/mol. The molecule has 1 aliphatic rings. The Morgan fingerprint density at radius 1 is 1.00 bits per heavy atom. The molecule has 0 radical (unpaired) electrons. The van der Waals surface area contributed by atoms with E-state index in [4.69, 9.17) is 0 Å². The van der Waals surface area contributed by atoms with Gasteiger partial charge in [-0.05, 0) is 75.3 Å². The lowest BCUT2D eigenvalue weighted by Gasteiger charge is -2.29. The van der Waals surface area contributed by atoms with Gasteiger partial charge in [0.25, 0.3) is 11.8 Å². The number of phenolic OH excluding ortho intramolecular Hbond substituents is 1. The number of imide groups is 1. The third-order valence-electron chi connectivity index (χ3n) is 5.12. The van der Waals surface area contributed by atoms with Crippen LogP contribution in [0.15, 0.2) is 36.4 Å². The molecule has 0 saturated carbocycles. The monoisotopic (exact) mass is 352 g/mol. The number of aryl methyl sites for hydroxylation is 2. The van der Waals surface area contributed by atoms with E-state index < -0.39 is 0 Å². The molecule has 1 aliphatic heterocycles. The van der Waals surface area contributed by atoms with Crippen LogP contribution in [-0.4, -0.2) is 53.4 Å². The predicted octanol–water partition coefficient (Wildman–Crippen LogP) is 2.78. The third kappa shape index (κ3) is 3.22. The molecule has 1 heterocycles. The summed E-state index contributed by atoms with van der Waals surface area (Å²) in [6, 6.07) is 10.4. The van der Waals surface area contributed by atoms with Gasteiger partial charge >= 0.3 is 0 Å². The van der Waals surface area contributed by atoms with Crippen molar-refractivity contribution in [3.05, 3.63) is 64.2 Å². The Hall–Kier alpha value is -2.66. The second kappa shape index (κ2) is 6.92. The molecule has 1 unspecified atom stereocenters. The van der Waals surface area contributed by atoms with Crippen LogP contribution in [0.5, 0.6) is 5.75 Å². The van der Waals surface area contributed by atoms with Crippen molar-refractivity contribution in [1.29, 1.82) is 0 Å². The number of aromatic hydroxyl groups is 1. The van der Waals surface area contributed by atoms with Gasteiger partial charge in [0.05, 0.1) is 11.1 Å². The van der Waals surface area contributed by atoms with Gasteiger partial charge in [-0.25, -0.2) is 0 Å². The largest absolute Gasteiger partial charge is 0.508 e. The Kier molecular flexibility index (Phi) is 4.83. The molecule has 2 aromatic rings. The number of carbonyl (C=O) groups is 2. The maximum absolute atomic E-state index is 12.6. The van der Waals surface area contributed by atoms with E-state index >= 15 is 0 Å². The highest BCUT2D eigenvalue weighted by atomic mass is 16.3. The normalized spacial score (nSPS) is 14.9. The molecule has 0 spiro atoms. The molecule has 0 aliphatic carbocycles. The van der Waals surface area contributed by atoms with E-state index in [1.807, 2.05) is 32.8 Å². The number of hydrogen-bond donors (Lipinski definition) is 1. The summed E-state index contributed by atoms with van der Waals surface area (Å²) in [4.78, 5) is 28.7. The zero-order valence-corrected chi connectivity index (χ0v) is 15.6. The van der Waals surface area contributed by atoms with Crippen molar-refractivity contribution < 1.29 is 14.7 Å². The topological polar surface area (TPSA) is 60.9 Å². The lowest BCUT2D eigenvalue weighted by molar-refractivity contribution is 0.0612. The Morgan fingerprint density at radius 2 is 1.50 bits per heavy atom. The van der Waals surface area contributed by atoms with Crippen molar-refractivity contribution in [3.8, 4) is 5.75 Å². The van der Waals surface area contributed by atoms with Crippen LogP contribution < -0.4 is 0 Å². The van der Waals surface area contributed by atoms with Gasteiger partial charge in [-0.3, -0.25) is 14.5 Å². The number of rotatable bonds is 5. The number of carbonyl (C=O) groups excluding carboxylic acids is 2. The van der Waals surface area contributed by atoms with E-state index in [0.29, 0.717) is 24.1 Å². The minimum atomic E-state index is -0.225. The summed E-state index contributed by atoms with van der Waals surface area (Å²) in [7, 11) is 3.90. The van der Waals surface area contributed by atoms with E-state index in [9.17, 15) is 14.7 Å². The molecule has 136 valence electrons. The van der Waals surface area contributed by atoms with Crippen LogP contribution in [0.25, 0.3) is 0 Å². The van der Waals surface area contributed by atoms with Gasteiger partial charge < -0.3 is 10.0 Å². The van der Waals surface area contributed by atoms with Crippen molar-refractivity contribution in [2.45, 2.75) is 26.3 Å². The fraction of sp³-hybridized carbons (Fsp3) is 0.333. The summed E-state index contributed by atoms with van der Waals surface area (Å²) >= 11 is 0. The molecule has 5 nitrogen and oxygen atoms in total. The van der Waals surface area contributed by atoms with Gasteiger partial charge in [0, 0.05) is 12.6 Å². The fourth-order valence-corrected chi connectivity index (χ4v) is 3.55. The van der Waals surface area contributed by atoms with Crippen LogP contribution in [-0.2, 0) is 6.42 Å². The molecule has 1 atom stereocenters. The number of nitrogens with zero attached hydrogens (tertiary/aromatic N) is 2. The molecule has 0 fully saturated rings. The Labute approximate surface area is 153 Å². The number of amides is 2.